The van der Waals surface area contributed by atoms with Crippen molar-refractivity contribution in [2.75, 3.05) is 13.1 Å². The van der Waals surface area contributed by atoms with Crippen molar-refractivity contribution in [1.29, 1.82) is 0 Å². The Morgan fingerprint density at radius 1 is 1.53 bits per heavy atom. The molecule has 1 aliphatic heterocycles. The van der Waals surface area contributed by atoms with E-state index in [2.05, 4.69) is 5.10 Å². The first-order valence-electron chi connectivity index (χ1n) is 6.08. The molecule has 2 atom stereocenters. The number of rotatable bonds is 3. The van der Waals surface area contributed by atoms with Gasteiger partial charge in [-0.1, -0.05) is 0 Å². The zero-order valence-corrected chi connectivity index (χ0v) is 13.0. The predicted octanol–water partition coefficient (Wildman–Crippen LogP) is 0.508. The van der Waals surface area contributed by atoms with Gasteiger partial charge < -0.3 is 5.73 Å². The normalized spacial score (nSPS) is 22.2. The van der Waals surface area contributed by atoms with E-state index in [0.717, 1.165) is 6.42 Å². The van der Waals surface area contributed by atoms with Crippen LogP contribution in [0.2, 0.25) is 0 Å². The van der Waals surface area contributed by atoms with Gasteiger partial charge in [-0.25, -0.2) is 8.42 Å². The van der Waals surface area contributed by atoms with E-state index in [9.17, 15) is 8.42 Å². The van der Waals surface area contributed by atoms with E-state index in [1.807, 2.05) is 6.92 Å². The average Bonchev–Trinajstić information content (AvgIpc) is 2.88. The van der Waals surface area contributed by atoms with E-state index in [4.69, 9.17) is 5.73 Å². The van der Waals surface area contributed by atoms with Crippen LogP contribution in [-0.4, -0.2) is 41.6 Å². The summed E-state index contributed by atoms with van der Waals surface area (Å²) in [6, 6.07) is 0.0280. The minimum atomic E-state index is -3.42. The first-order chi connectivity index (χ1) is 8.34. The molecule has 0 saturated carbocycles. The molecule has 1 aromatic heterocycles. The SMILES string of the molecule is Cc1c(S(=O)(=O)N2CCC(C(C)N)C2)cnn1C.Cl. The van der Waals surface area contributed by atoms with Crippen molar-refractivity contribution in [3.63, 3.8) is 0 Å². The van der Waals surface area contributed by atoms with Crippen molar-refractivity contribution < 1.29 is 8.42 Å². The number of halogens is 1. The van der Waals surface area contributed by atoms with Gasteiger partial charge in [-0.2, -0.15) is 9.40 Å². The second kappa shape index (κ2) is 5.78. The second-order valence-corrected chi connectivity index (χ2v) is 6.90. The van der Waals surface area contributed by atoms with Crippen molar-refractivity contribution in [2.45, 2.75) is 31.2 Å². The number of aryl methyl sites for hydroxylation is 1. The molecular weight excluding hydrogens is 288 g/mol. The maximum atomic E-state index is 12.5. The molecule has 6 nitrogen and oxygen atoms in total. The van der Waals surface area contributed by atoms with Crippen LogP contribution < -0.4 is 5.73 Å². The molecule has 19 heavy (non-hydrogen) atoms. The fourth-order valence-electron chi connectivity index (χ4n) is 2.27. The predicted molar refractivity (Wildman–Crippen MR) is 75.7 cm³/mol. The maximum Gasteiger partial charge on any atom is 0.246 e. The molecule has 0 bridgehead atoms. The summed E-state index contributed by atoms with van der Waals surface area (Å²) in [6.45, 7) is 4.74. The highest BCUT2D eigenvalue weighted by molar-refractivity contribution is 7.89. The summed E-state index contributed by atoms with van der Waals surface area (Å²) in [4.78, 5) is 0.301. The van der Waals surface area contributed by atoms with Crippen molar-refractivity contribution >= 4 is 22.4 Å². The Labute approximate surface area is 120 Å². The van der Waals surface area contributed by atoms with Crippen molar-refractivity contribution in [3.05, 3.63) is 11.9 Å². The molecule has 2 rings (SSSR count). The lowest BCUT2D eigenvalue weighted by Crippen LogP contribution is -2.33. The number of aromatic nitrogens is 2. The van der Waals surface area contributed by atoms with Gasteiger partial charge in [0.05, 0.1) is 11.9 Å². The molecule has 1 aromatic rings. The zero-order chi connectivity index (χ0) is 13.5. The first kappa shape index (κ1) is 16.4. The zero-order valence-electron chi connectivity index (χ0n) is 11.4. The van der Waals surface area contributed by atoms with Crippen LogP contribution in [0, 0.1) is 12.8 Å². The van der Waals surface area contributed by atoms with Crippen molar-refractivity contribution in [3.8, 4) is 0 Å². The van der Waals surface area contributed by atoms with Gasteiger partial charge in [0, 0.05) is 26.2 Å². The molecule has 0 amide bonds. The van der Waals surface area contributed by atoms with E-state index in [1.165, 1.54) is 10.5 Å². The van der Waals surface area contributed by atoms with Crippen LogP contribution in [0.5, 0.6) is 0 Å². The van der Waals surface area contributed by atoms with Gasteiger partial charge in [0.2, 0.25) is 10.0 Å². The Morgan fingerprint density at radius 2 is 2.16 bits per heavy atom. The van der Waals surface area contributed by atoms with E-state index < -0.39 is 10.0 Å². The lowest BCUT2D eigenvalue weighted by atomic mass is 10.0. The minimum absolute atomic E-state index is 0. The lowest BCUT2D eigenvalue weighted by Gasteiger charge is -2.17. The fraction of sp³-hybridized carbons (Fsp3) is 0.727. The molecule has 1 saturated heterocycles. The third-order valence-electron chi connectivity index (χ3n) is 3.74. The van der Waals surface area contributed by atoms with Gasteiger partial charge in [-0.15, -0.1) is 12.4 Å². The van der Waals surface area contributed by atoms with Gasteiger partial charge in [0.15, 0.2) is 0 Å². The second-order valence-electron chi connectivity index (χ2n) is 4.99. The van der Waals surface area contributed by atoms with Crippen LogP contribution in [0.1, 0.15) is 19.0 Å². The topological polar surface area (TPSA) is 81.2 Å². The van der Waals surface area contributed by atoms with E-state index in [-0.39, 0.29) is 24.4 Å². The first-order valence-corrected chi connectivity index (χ1v) is 7.52. The molecule has 0 radical (unpaired) electrons. The van der Waals surface area contributed by atoms with E-state index >= 15 is 0 Å². The summed E-state index contributed by atoms with van der Waals surface area (Å²) in [5, 5.41) is 3.99. The standard InChI is InChI=1S/C11H20N4O2S.ClH/c1-8(12)10-4-5-15(7-10)18(16,17)11-6-13-14(3)9(11)2;/h6,8,10H,4-5,7,12H2,1-3H3;1H. The van der Waals surface area contributed by atoms with Gasteiger partial charge in [-0.3, -0.25) is 4.68 Å². The smallest absolute Gasteiger partial charge is 0.246 e. The third-order valence-corrected chi connectivity index (χ3v) is 5.71. The molecular formula is C11H21ClN4O2S. The number of nitrogens with two attached hydrogens (primary N) is 1. The highest BCUT2D eigenvalue weighted by Crippen LogP contribution is 2.26. The van der Waals surface area contributed by atoms with Gasteiger partial charge in [0.1, 0.15) is 4.90 Å². The summed E-state index contributed by atoms with van der Waals surface area (Å²) < 4.78 is 28.0. The minimum Gasteiger partial charge on any atom is -0.328 e. The summed E-state index contributed by atoms with van der Waals surface area (Å²) in [5.41, 5.74) is 6.50. The summed E-state index contributed by atoms with van der Waals surface area (Å²) in [6.07, 6.45) is 2.25. The monoisotopic (exact) mass is 308 g/mol. The molecule has 1 aliphatic rings. The Hall–Kier alpha value is -0.630. The highest BCUT2D eigenvalue weighted by Gasteiger charge is 2.35. The van der Waals surface area contributed by atoms with Crippen molar-refractivity contribution in [1.82, 2.24) is 14.1 Å². The number of hydrogen-bond donors (Lipinski definition) is 1. The van der Waals surface area contributed by atoms with Gasteiger partial charge >= 0.3 is 0 Å². The molecule has 2 unspecified atom stereocenters. The quantitative estimate of drug-likeness (QED) is 0.882. The maximum absolute atomic E-state index is 12.5. The van der Waals surface area contributed by atoms with Crippen LogP contribution in [0.15, 0.2) is 11.1 Å². The molecule has 0 spiro atoms. The molecule has 0 aliphatic carbocycles. The fourth-order valence-corrected chi connectivity index (χ4v) is 3.97. The highest BCUT2D eigenvalue weighted by atomic mass is 35.5. The summed E-state index contributed by atoms with van der Waals surface area (Å²) in [7, 11) is -1.68. The van der Waals surface area contributed by atoms with Crippen LogP contribution in [-0.2, 0) is 17.1 Å². The Kier molecular flexibility index (Phi) is 5.00. The average molecular weight is 309 g/mol. The van der Waals surface area contributed by atoms with Gasteiger partial charge in [-0.05, 0) is 26.2 Å². The Morgan fingerprint density at radius 3 is 2.58 bits per heavy atom. The van der Waals surface area contributed by atoms with E-state index in [0.29, 0.717) is 23.7 Å². The number of nitrogens with zero attached hydrogens (tertiary/aromatic N) is 3. The third kappa shape index (κ3) is 2.94. The molecule has 2 N–H and O–H groups in total. The lowest BCUT2D eigenvalue weighted by molar-refractivity contribution is 0.428. The Balaban J connectivity index is 0.00000180. The van der Waals surface area contributed by atoms with Crippen LogP contribution in [0.3, 0.4) is 0 Å². The van der Waals surface area contributed by atoms with Crippen LogP contribution in [0.4, 0.5) is 0 Å². The molecule has 2 heterocycles. The van der Waals surface area contributed by atoms with Crippen LogP contribution >= 0.6 is 12.4 Å². The Bertz CT molecular complexity index is 541. The molecule has 1 fully saturated rings. The van der Waals surface area contributed by atoms with Crippen molar-refractivity contribution in [2.24, 2.45) is 18.7 Å². The van der Waals surface area contributed by atoms with Gasteiger partial charge in [0.25, 0.3) is 0 Å². The van der Waals surface area contributed by atoms with E-state index in [1.54, 1.807) is 18.7 Å². The molecule has 0 aromatic carbocycles. The largest absolute Gasteiger partial charge is 0.328 e. The molecule has 8 heteroatoms. The number of hydrogen-bond acceptors (Lipinski definition) is 4. The molecule has 110 valence electrons. The summed E-state index contributed by atoms with van der Waals surface area (Å²) >= 11 is 0. The van der Waals surface area contributed by atoms with Crippen LogP contribution in [0.25, 0.3) is 0 Å². The summed E-state index contributed by atoms with van der Waals surface area (Å²) in [5.74, 6) is 0.247. The number of sulfonamides is 1.